The number of carbonyl (C=O) groups is 1. The first-order chi connectivity index (χ1) is 17.8. The van der Waals surface area contributed by atoms with Crippen molar-refractivity contribution in [1.29, 1.82) is 0 Å². The van der Waals surface area contributed by atoms with Crippen LogP contribution in [-0.2, 0) is 19.4 Å². The van der Waals surface area contributed by atoms with Gasteiger partial charge in [-0.2, -0.15) is 0 Å². The fourth-order valence-corrected chi connectivity index (χ4v) is 4.44. The van der Waals surface area contributed by atoms with Gasteiger partial charge < -0.3 is 15.7 Å². The van der Waals surface area contributed by atoms with Crippen molar-refractivity contribution in [2.45, 2.75) is 38.5 Å². The van der Waals surface area contributed by atoms with Gasteiger partial charge in [0.25, 0.3) is 5.91 Å². The van der Waals surface area contributed by atoms with Gasteiger partial charge in [-0.15, -0.1) is 0 Å². The number of nitrogens with one attached hydrogen (secondary N) is 2. The molecule has 0 unspecified atom stereocenters. The third-order valence-corrected chi connectivity index (χ3v) is 6.36. The molecule has 0 aliphatic heterocycles. The number of aryl methyl sites for hydroxylation is 1. The molecule has 0 spiro atoms. The summed E-state index contributed by atoms with van der Waals surface area (Å²) in [6, 6.07) is 19.5. The number of hydrogen-bond donors (Lipinski definition) is 3. The molecule has 192 valence electrons. The zero-order valence-corrected chi connectivity index (χ0v) is 20.5. The predicted octanol–water partition coefficient (Wildman–Crippen LogP) is 5.31. The third-order valence-electron chi connectivity index (χ3n) is 6.36. The fourth-order valence-electron chi connectivity index (χ4n) is 4.44. The van der Waals surface area contributed by atoms with E-state index in [0.29, 0.717) is 22.9 Å². The highest BCUT2D eigenvalue weighted by atomic mass is 19.1. The number of amides is 1. The van der Waals surface area contributed by atoms with Gasteiger partial charge in [-0.05, 0) is 59.2 Å². The Kier molecular flexibility index (Phi) is 8.58. The monoisotopic (exact) mass is 506 g/mol. The Labute approximate surface area is 214 Å². The Balaban J connectivity index is 1.53. The molecule has 7 heteroatoms. The zero-order chi connectivity index (χ0) is 26.4. The summed E-state index contributed by atoms with van der Waals surface area (Å²) in [5, 5.41) is 17.7. The highest BCUT2D eigenvalue weighted by molar-refractivity contribution is 6.07. The molecule has 0 aliphatic carbocycles. The van der Waals surface area contributed by atoms with Gasteiger partial charge in [0, 0.05) is 30.1 Å². The van der Waals surface area contributed by atoms with E-state index < -0.39 is 35.5 Å². The first kappa shape index (κ1) is 26.4. The lowest BCUT2D eigenvalue weighted by atomic mass is 9.98. The van der Waals surface area contributed by atoms with Crippen molar-refractivity contribution in [3.63, 3.8) is 0 Å². The lowest BCUT2D eigenvalue weighted by Crippen LogP contribution is -2.48. The predicted molar refractivity (Wildman–Crippen MR) is 139 cm³/mol. The van der Waals surface area contributed by atoms with Crippen molar-refractivity contribution in [1.82, 2.24) is 10.6 Å². The lowest BCUT2D eigenvalue weighted by Gasteiger charge is -2.25. The van der Waals surface area contributed by atoms with E-state index in [9.17, 15) is 23.1 Å². The molecule has 4 aromatic rings. The van der Waals surface area contributed by atoms with Gasteiger partial charge in [0.15, 0.2) is 0 Å². The third kappa shape index (κ3) is 6.76. The van der Waals surface area contributed by atoms with Crippen LogP contribution < -0.4 is 10.6 Å². The van der Waals surface area contributed by atoms with Crippen LogP contribution in [0.2, 0.25) is 0 Å². The number of fused-ring (bicyclic) bond motifs is 1. The minimum absolute atomic E-state index is 0.00624. The van der Waals surface area contributed by atoms with Gasteiger partial charge in [-0.1, -0.05) is 55.5 Å². The Hall–Kier alpha value is -3.68. The molecule has 4 aromatic carbocycles. The molecule has 37 heavy (non-hydrogen) atoms. The summed E-state index contributed by atoms with van der Waals surface area (Å²) in [6.45, 7) is 2.70. The number of aliphatic hydroxyl groups is 1. The van der Waals surface area contributed by atoms with Crippen LogP contribution in [0.5, 0.6) is 0 Å². The molecule has 0 aliphatic rings. The van der Waals surface area contributed by atoms with Gasteiger partial charge in [0.05, 0.1) is 12.1 Å². The largest absolute Gasteiger partial charge is 0.390 e. The molecule has 0 radical (unpaired) electrons. The second-order valence-electron chi connectivity index (χ2n) is 9.07. The topological polar surface area (TPSA) is 61.4 Å². The van der Waals surface area contributed by atoms with Crippen LogP contribution >= 0.6 is 0 Å². The van der Waals surface area contributed by atoms with Crippen LogP contribution in [0.15, 0.2) is 78.9 Å². The maximum absolute atomic E-state index is 14.3. The van der Waals surface area contributed by atoms with Crippen molar-refractivity contribution < 1.29 is 23.1 Å². The van der Waals surface area contributed by atoms with E-state index in [1.54, 1.807) is 24.3 Å². The molecule has 0 fully saturated rings. The van der Waals surface area contributed by atoms with E-state index in [-0.39, 0.29) is 18.5 Å². The van der Waals surface area contributed by atoms with Crippen molar-refractivity contribution in [3.05, 3.63) is 119 Å². The molecule has 3 N–H and O–H groups in total. The fraction of sp³-hybridized carbons (Fsp3) is 0.233. The highest BCUT2D eigenvalue weighted by Crippen LogP contribution is 2.22. The van der Waals surface area contributed by atoms with Crippen molar-refractivity contribution in [2.24, 2.45) is 0 Å². The summed E-state index contributed by atoms with van der Waals surface area (Å²) in [5.41, 5.74) is 2.78. The highest BCUT2D eigenvalue weighted by Gasteiger charge is 2.24. The molecule has 1 amide bonds. The molecule has 2 atom stereocenters. The Morgan fingerprint density at radius 1 is 0.838 bits per heavy atom. The molecule has 0 saturated carbocycles. The quantitative estimate of drug-likeness (QED) is 0.273. The Bertz CT molecular complexity index is 1370. The number of hydrogen-bond acceptors (Lipinski definition) is 3. The van der Waals surface area contributed by atoms with Crippen LogP contribution in [0.1, 0.15) is 34.0 Å². The van der Waals surface area contributed by atoms with Crippen molar-refractivity contribution in [2.75, 3.05) is 6.54 Å². The van der Waals surface area contributed by atoms with Gasteiger partial charge in [0.2, 0.25) is 0 Å². The SMILES string of the molecule is CCc1cccc(CNC[C@@H](O)[C@H](Cc2cc(F)cc(F)c2)NC(=O)c2ccc(F)c3ccccc23)c1. The molecular weight excluding hydrogens is 477 g/mol. The summed E-state index contributed by atoms with van der Waals surface area (Å²) < 4.78 is 41.9. The van der Waals surface area contributed by atoms with Gasteiger partial charge in [-0.25, -0.2) is 13.2 Å². The summed E-state index contributed by atoms with van der Waals surface area (Å²) in [6.07, 6.45) is -0.170. The Morgan fingerprint density at radius 2 is 1.54 bits per heavy atom. The lowest BCUT2D eigenvalue weighted by molar-refractivity contribution is 0.0831. The number of halogens is 3. The van der Waals surface area contributed by atoms with E-state index in [2.05, 4.69) is 23.6 Å². The van der Waals surface area contributed by atoms with Crippen molar-refractivity contribution >= 4 is 16.7 Å². The van der Waals surface area contributed by atoms with E-state index in [1.807, 2.05) is 18.2 Å². The summed E-state index contributed by atoms with van der Waals surface area (Å²) in [5.74, 6) is -2.45. The van der Waals surface area contributed by atoms with Crippen molar-refractivity contribution in [3.8, 4) is 0 Å². The second-order valence-corrected chi connectivity index (χ2v) is 9.07. The van der Waals surface area contributed by atoms with E-state index in [0.717, 1.165) is 18.1 Å². The summed E-state index contributed by atoms with van der Waals surface area (Å²) in [7, 11) is 0. The maximum atomic E-state index is 14.3. The number of aliphatic hydroxyl groups excluding tert-OH is 1. The van der Waals surface area contributed by atoms with Crippen LogP contribution in [-0.4, -0.2) is 29.7 Å². The second kappa shape index (κ2) is 12.0. The minimum Gasteiger partial charge on any atom is -0.390 e. The van der Waals surface area contributed by atoms with Gasteiger partial charge in [0.1, 0.15) is 17.5 Å². The summed E-state index contributed by atoms with van der Waals surface area (Å²) >= 11 is 0. The first-order valence-corrected chi connectivity index (χ1v) is 12.2. The maximum Gasteiger partial charge on any atom is 0.252 e. The van der Waals surface area contributed by atoms with Crippen LogP contribution in [0, 0.1) is 17.5 Å². The normalized spacial score (nSPS) is 12.9. The molecule has 4 nitrogen and oxygen atoms in total. The Morgan fingerprint density at radius 3 is 2.27 bits per heavy atom. The molecule has 0 heterocycles. The average Bonchev–Trinajstić information content (AvgIpc) is 2.88. The molecule has 0 saturated heterocycles. The number of rotatable bonds is 10. The standard InChI is InChI=1S/C30H29F3N2O2/c1-2-19-6-5-7-20(12-19)17-34-18-29(36)28(15-21-13-22(31)16-23(32)14-21)35-30(37)26-10-11-27(33)25-9-4-3-8-24(25)26/h3-14,16,28-29,34,36H,2,15,17-18H2,1H3,(H,35,37)/t28-,29+/m0/s1. The van der Waals surface area contributed by atoms with E-state index in [1.165, 1.54) is 29.8 Å². The van der Waals surface area contributed by atoms with E-state index >= 15 is 0 Å². The molecule has 0 bridgehead atoms. The minimum atomic E-state index is -1.07. The molecule has 4 rings (SSSR count). The smallest absolute Gasteiger partial charge is 0.252 e. The average molecular weight is 507 g/mol. The molecular formula is C30H29F3N2O2. The van der Waals surface area contributed by atoms with E-state index in [4.69, 9.17) is 0 Å². The first-order valence-electron chi connectivity index (χ1n) is 12.2. The van der Waals surface area contributed by atoms with Crippen LogP contribution in [0.25, 0.3) is 10.8 Å². The van der Waals surface area contributed by atoms with Gasteiger partial charge in [-0.3, -0.25) is 4.79 Å². The van der Waals surface area contributed by atoms with Crippen LogP contribution in [0.3, 0.4) is 0 Å². The molecule has 0 aromatic heterocycles. The van der Waals surface area contributed by atoms with Gasteiger partial charge >= 0.3 is 0 Å². The number of benzene rings is 4. The number of carbonyl (C=O) groups excluding carboxylic acids is 1. The van der Waals surface area contributed by atoms with Crippen LogP contribution in [0.4, 0.5) is 13.2 Å². The summed E-state index contributed by atoms with van der Waals surface area (Å²) in [4.78, 5) is 13.3. The zero-order valence-electron chi connectivity index (χ0n) is 20.5.